The van der Waals surface area contributed by atoms with E-state index in [1.54, 1.807) is 24.3 Å². The number of esters is 1. The van der Waals surface area contributed by atoms with Crippen molar-refractivity contribution in [3.63, 3.8) is 0 Å². The van der Waals surface area contributed by atoms with E-state index in [4.69, 9.17) is 27.9 Å². The van der Waals surface area contributed by atoms with Crippen LogP contribution in [-0.2, 0) is 25.5 Å². The van der Waals surface area contributed by atoms with Gasteiger partial charge in [-0.3, -0.25) is 14.4 Å². The minimum atomic E-state index is -0.647. The fraction of sp³-hybridized carbons (Fsp3) is 0.250. The highest BCUT2D eigenvalue weighted by molar-refractivity contribution is 6.44. The summed E-state index contributed by atoms with van der Waals surface area (Å²) in [6, 6.07) is 12.2. The van der Waals surface area contributed by atoms with Crippen molar-refractivity contribution in [3.8, 4) is 0 Å². The molecule has 0 unspecified atom stereocenters. The van der Waals surface area contributed by atoms with Crippen LogP contribution in [0.5, 0.6) is 0 Å². The van der Waals surface area contributed by atoms with Gasteiger partial charge in [0.2, 0.25) is 5.91 Å². The van der Waals surface area contributed by atoms with Crippen LogP contribution in [0.15, 0.2) is 42.5 Å². The zero-order valence-electron chi connectivity index (χ0n) is 15.3. The van der Waals surface area contributed by atoms with E-state index >= 15 is 0 Å². The van der Waals surface area contributed by atoms with Crippen molar-refractivity contribution in [1.82, 2.24) is 0 Å². The average molecular weight is 423 g/mol. The van der Waals surface area contributed by atoms with Gasteiger partial charge in [0.05, 0.1) is 22.2 Å². The maximum absolute atomic E-state index is 12.0. The number of hydrogen-bond acceptors (Lipinski definition) is 4. The number of benzene rings is 2. The molecule has 0 fully saturated rings. The Labute approximate surface area is 173 Å². The summed E-state index contributed by atoms with van der Waals surface area (Å²) in [5.41, 5.74) is 2.06. The van der Waals surface area contributed by atoms with E-state index in [0.29, 0.717) is 10.7 Å². The number of carbonyl (C=O) groups excluding carboxylic acids is 3. The number of carbonyl (C=O) groups is 3. The Morgan fingerprint density at radius 2 is 1.57 bits per heavy atom. The molecule has 8 heteroatoms. The Morgan fingerprint density at radius 1 is 0.893 bits per heavy atom. The number of anilines is 2. The summed E-state index contributed by atoms with van der Waals surface area (Å²) >= 11 is 11.8. The van der Waals surface area contributed by atoms with Crippen LogP contribution in [0.4, 0.5) is 11.4 Å². The molecule has 0 aliphatic heterocycles. The first-order valence-corrected chi connectivity index (χ1v) is 9.43. The number of halogens is 2. The van der Waals surface area contributed by atoms with Gasteiger partial charge in [-0.25, -0.2) is 0 Å². The van der Waals surface area contributed by atoms with E-state index in [9.17, 15) is 14.4 Å². The van der Waals surface area contributed by atoms with Gasteiger partial charge in [0.25, 0.3) is 5.91 Å². The van der Waals surface area contributed by atoms with Gasteiger partial charge in [0, 0.05) is 12.1 Å². The fourth-order valence-corrected chi connectivity index (χ4v) is 2.73. The van der Waals surface area contributed by atoms with Crippen molar-refractivity contribution in [1.29, 1.82) is 0 Å². The molecule has 0 atom stereocenters. The largest absolute Gasteiger partial charge is 0.456 e. The van der Waals surface area contributed by atoms with Crippen LogP contribution in [0.25, 0.3) is 0 Å². The van der Waals surface area contributed by atoms with Gasteiger partial charge in [-0.1, -0.05) is 54.4 Å². The molecule has 0 spiro atoms. The Morgan fingerprint density at radius 3 is 2.32 bits per heavy atom. The van der Waals surface area contributed by atoms with Crippen molar-refractivity contribution >= 4 is 52.4 Å². The van der Waals surface area contributed by atoms with Gasteiger partial charge in [0.1, 0.15) is 0 Å². The van der Waals surface area contributed by atoms with E-state index in [1.807, 2.05) is 25.1 Å². The molecule has 2 amide bonds. The fourth-order valence-electron chi connectivity index (χ4n) is 2.38. The molecule has 0 saturated heterocycles. The lowest BCUT2D eigenvalue weighted by atomic mass is 10.1. The molecule has 0 radical (unpaired) electrons. The van der Waals surface area contributed by atoms with E-state index in [0.717, 1.165) is 17.7 Å². The summed E-state index contributed by atoms with van der Waals surface area (Å²) < 4.78 is 4.88. The highest BCUT2D eigenvalue weighted by Crippen LogP contribution is 2.29. The average Bonchev–Trinajstić information content (AvgIpc) is 2.68. The van der Waals surface area contributed by atoms with Crippen molar-refractivity contribution in [2.75, 3.05) is 17.2 Å². The second kappa shape index (κ2) is 10.7. The molecule has 6 nitrogen and oxygen atoms in total. The summed E-state index contributed by atoms with van der Waals surface area (Å²) in [4.78, 5) is 35.6. The SMILES string of the molecule is CCc1ccccc1NC(=O)CCC(=O)OCC(=O)Nc1cccc(Cl)c1Cl. The number of rotatable bonds is 8. The summed E-state index contributed by atoms with van der Waals surface area (Å²) in [6.45, 7) is 1.51. The zero-order chi connectivity index (χ0) is 20.5. The van der Waals surface area contributed by atoms with Gasteiger partial charge < -0.3 is 15.4 Å². The van der Waals surface area contributed by atoms with E-state index in [-0.39, 0.29) is 23.8 Å². The van der Waals surface area contributed by atoms with Crippen LogP contribution in [0, 0.1) is 0 Å². The van der Waals surface area contributed by atoms with Crippen molar-refractivity contribution in [2.45, 2.75) is 26.2 Å². The van der Waals surface area contributed by atoms with Crippen molar-refractivity contribution < 1.29 is 19.1 Å². The van der Waals surface area contributed by atoms with E-state index in [1.165, 1.54) is 0 Å². The number of nitrogens with one attached hydrogen (secondary N) is 2. The Hall–Kier alpha value is -2.57. The third kappa shape index (κ3) is 6.55. The van der Waals surface area contributed by atoms with E-state index in [2.05, 4.69) is 10.6 Å². The lowest BCUT2D eigenvalue weighted by Gasteiger charge is -2.10. The summed E-state index contributed by atoms with van der Waals surface area (Å²) in [7, 11) is 0. The summed E-state index contributed by atoms with van der Waals surface area (Å²) in [5.74, 6) is -1.50. The van der Waals surface area contributed by atoms with E-state index < -0.39 is 18.5 Å². The first-order chi connectivity index (χ1) is 13.4. The van der Waals surface area contributed by atoms with Gasteiger partial charge in [-0.15, -0.1) is 0 Å². The predicted molar refractivity (Wildman–Crippen MR) is 110 cm³/mol. The molecule has 0 aromatic heterocycles. The topological polar surface area (TPSA) is 84.5 Å². The van der Waals surface area contributed by atoms with Crippen LogP contribution in [0.2, 0.25) is 10.0 Å². The molecule has 2 rings (SSSR count). The predicted octanol–water partition coefficient (Wildman–Crippen LogP) is 4.46. The molecule has 2 aromatic carbocycles. The molecule has 0 bridgehead atoms. The standard InChI is InChI=1S/C20H20Cl2N2O4/c1-2-13-6-3-4-8-15(13)23-17(25)10-11-19(27)28-12-18(26)24-16-9-5-7-14(21)20(16)22/h3-9H,2,10-12H2,1H3,(H,23,25)(H,24,26). The smallest absolute Gasteiger partial charge is 0.306 e. The maximum Gasteiger partial charge on any atom is 0.306 e. The highest BCUT2D eigenvalue weighted by Gasteiger charge is 2.13. The van der Waals surface area contributed by atoms with Gasteiger partial charge in [-0.2, -0.15) is 0 Å². The first-order valence-electron chi connectivity index (χ1n) is 8.68. The third-order valence-corrected chi connectivity index (χ3v) is 4.64. The molecule has 148 valence electrons. The number of para-hydroxylation sites is 1. The van der Waals surface area contributed by atoms with Crippen LogP contribution in [-0.4, -0.2) is 24.4 Å². The first kappa shape index (κ1) is 21.7. The zero-order valence-corrected chi connectivity index (χ0v) is 16.8. The van der Waals surface area contributed by atoms with Crippen LogP contribution in [0.1, 0.15) is 25.3 Å². The molecule has 0 aliphatic carbocycles. The molecule has 28 heavy (non-hydrogen) atoms. The molecule has 0 saturated carbocycles. The van der Waals surface area contributed by atoms with Crippen LogP contribution in [0.3, 0.4) is 0 Å². The van der Waals surface area contributed by atoms with Crippen LogP contribution < -0.4 is 10.6 Å². The van der Waals surface area contributed by atoms with Crippen LogP contribution >= 0.6 is 23.2 Å². The molecular formula is C20H20Cl2N2O4. The van der Waals surface area contributed by atoms with Gasteiger partial charge in [-0.05, 0) is 30.2 Å². The highest BCUT2D eigenvalue weighted by atomic mass is 35.5. The lowest BCUT2D eigenvalue weighted by Crippen LogP contribution is -2.22. The molecule has 2 aromatic rings. The number of hydrogen-bond donors (Lipinski definition) is 2. The van der Waals surface area contributed by atoms with Gasteiger partial charge in [0.15, 0.2) is 6.61 Å². The normalized spacial score (nSPS) is 10.2. The number of ether oxygens (including phenoxy) is 1. The number of amides is 2. The monoisotopic (exact) mass is 422 g/mol. The second-order valence-electron chi connectivity index (χ2n) is 5.87. The summed E-state index contributed by atoms with van der Waals surface area (Å²) in [6.07, 6.45) is 0.605. The number of aryl methyl sites for hydroxylation is 1. The Bertz CT molecular complexity index is 871. The summed E-state index contributed by atoms with van der Waals surface area (Å²) in [5, 5.41) is 5.78. The quantitative estimate of drug-likeness (QED) is 0.615. The van der Waals surface area contributed by atoms with Crippen molar-refractivity contribution in [3.05, 3.63) is 58.1 Å². The lowest BCUT2D eigenvalue weighted by molar-refractivity contribution is -0.147. The minimum Gasteiger partial charge on any atom is -0.456 e. The maximum atomic E-state index is 12.0. The second-order valence-corrected chi connectivity index (χ2v) is 6.65. The molecular weight excluding hydrogens is 403 g/mol. The van der Waals surface area contributed by atoms with Crippen molar-refractivity contribution in [2.24, 2.45) is 0 Å². The third-order valence-electron chi connectivity index (χ3n) is 3.82. The Kier molecular flexibility index (Phi) is 8.29. The molecule has 0 aliphatic rings. The Balaban J connectivity index is 1.74. The molecule has 2 N–H and O–H groups in total. The minimum absolute atomic E-state index is 0.0430. The van der Waals surface area contributed by atoms with Gasteiger partial charge >= 0.3 is 5.97 Å². The molecule has 0 heterocycles.